The average molecular weight is 416 g/mol. The van der Waals surface area contributed by atoms with E-state index >= 15 is 0 Å². The highest BCUT2D eigenvalue weighted by atomic mass is 32.1. The number of ether oxygens (including phenoxy) is 3. The second-order valence-corrected chi connectivity index (χ2v) is 7.84. The first-order chi connectivity index (χ1) is 14.7. The molecule has 0 fully saturated rings. The molecule has 3 aromatic carbocycles. The van der Waals surface area contributed by atoms with Gasteiger partial charge in [-0.3, -0.25) is 0 Å². The normalized spacial score (nSPS) is 10.5. The molecule has 0 spiro atoms. The fourth-order valence-corrected chi connectivity index (χ4v) is 4.36. The zero-order chi connectivity index (χ0) is 20.9. The van der Waals surface area contributed by atoms with Crippen molar-refractivity contribution in [3.63, 3.8) is 0 Å². The maximum Gasteiger partial charge on any atom is 0.239 e. The van der Waals surface area contributed by atoms with Crippen molar-refractivity contribution in [1.82, 2.24) is 0 Å². The molecule has 4 heteroatoms. The van der Waals surface area contributed by atoms with Crippen molar-refractivity contribution in [2.45, 2.75) is 0 Å². The number of hydrogen-bond acceptors (Lipinski definition) is 3. The Morgan fingerprint density at radius 3 is 1.10 bits per heavy atom. The molecule has 1 heterocycles. The first-order valence-electron chi connectivity index (χ1n) is 9.61. The summed E-state index contributed by atoms with van der Waals surface area (Å²) in [4.78, 5) is 2.38. The highest BCUT2D eigenvalue weighted by Crippen LogP contribution is 2.38. The van der Waals surface area contributed by atoms with Gasteiger partial charge in [0.05, 0.1) is 21.3 Å². The van der Waals surface area contributed by atoms with Gasteiger partial charge in [0.2, 0.25) is 21.1 Å². The van der Waals surface area contributed by atoms with Crippen LogP contribution in [0.1, 0.15) is 0 Å². The third-order valence-electron chi connectivity index (χ3n) is 4.97. The number of rotatable bonds is 6. The van der Waals surface area contributed by atoms with E-state index in [9.17, 15) is 0 Å². The third-order valence-corrected chi connectivity index (χ3v) is 6.11. The Morgan fingerprint density at radius 1 is 0.433 bits per heavy atom. The van der Waals surface area contributed by atoms with Gasteiger partial charge in [0.25, 0.3) is 0 Å². The smallest absolute Gasteiger partial charge is 0.239 e. The first kappa shape index (κ1) is 19.9. The maximum absolute atomic E-state index is 5.31. The molecule has 0 saturated carbocycles. The molecule has 0 radical (unpaired) electrons. The SMILES string of the molecule is COc1ccc(-c2cc(-c3ccc(OC)cc3)[s+]c(-c3ccc(OC)cc3)c2)cc1. The van der Waals surface area contributed by atoms with Crippen LogP contribution in [-0.4, -0.2) is 21.3 Å². The average Bonchev–Trinajstić information content (AvgIpc) is 2.84. The van der Waals surface area contributed by atoms with Crippen LogP contribution in [0.25, 0.3) is 32.0 Å². The van der Waals surface area contributed by atoms with Gasteiger partial charge < -0.3 is 14.2 Å². The molecular formula is C26H23O3S+. The third kappa shape index (κ3) is 4.29. The molecule has 4 aromatic rings. The molecule has 0 unspecified atom stereocenters. The van der Waals surface area contributed by atoms with Crippen molar-refractivity contribution in [3.8, 4) is 49.3 Å². The van der Waals surface area contributed by atoms with E-state index in [1.54, 1.807) is 32.7 Å². The molecule has 3 nitrogen and oxygen atoms in total. The monoisotopic (exact) mass is 415 g/mol. The van der Waals surface area contributed by atoms with Crippen LogP contribution in [-0.2, 0) is 0 Å². The minimum Gasteiger partial charge on any atom is -0.497 e. The van der Waals surface area contributed by atoms with Crippen LogP contribution in [0.3, 0.4) is 0 Å². The molecule has 4 rings (SSSR count). The van der Waals surface area contributed by atoms with Gasteiger partial charge in [-0.25, -0.2) is 0 Å². The lowest BCUT2D eigenvalue weighted by Gasteiger charge is -2.06. The Balaban J connectivity index is 1.83. The van der Waals surface area contributed by atoms with Gasteiger partial charge in [-0.2, -0.15) is 0 Å². The second-order valence-electron chi connectivity index (χ2n) is 6.76. The van der Waals surface area contributed by atoms with Gasteiger partial charge in [0.1, 0.15) is 17.2 Å². The van der Waals surface area contributed by atoms with Gasteiger partial charge in [0, 0.05) is 23.3 Å². The summed E-state index contributed by atoms with van der Waals surface area (Å²) in [7, 11) is 5.05. The fraction of sp³-hybridized carbons (Fsp3) is 0.115. The zero-order valence-electron chi connectivity index (χ0n) is 17.2. The van der Waals surface area contributed by atoms with Crippen LogP contribution < -0.4 is 14.2 Å². The van der Waals surface area contributed by atoms with Crippen molar-refractivity contribution >= 4 is 11.3 Å². The maximum atomic E-state index is 5.31. The lowest BCUT2D eigenvalue weighted by atomic mass is 10.0. The zero-order valence-corrected chi connectivity index (χ0v) is 18.0. The Kier molecular flexibility index (Phi) is 5.96. The summed E-state index contributed by atoms with van der Waals surface area (Å²) in [5, 5.41) is 0. The minimum absolute atomic E-state index is 0.850. The Morgan fingerprint density at radius 2 is 0.767 bits per heavy atom. The summed E-state index contributed by atoms with van der Waals surface area (Å²) in [5.74, 6) is 2.55. The second kappa shape index (κ2) is 8.97. The lowest BCUT2D eigenvalue weighted by Crippen LogP contribution is -1.86. The van der Waals surface area contributed by atoms with E-state index in [1.807, 2.05) is 36.4 Å². The summed E-state index contributed by atoms with van der Waals surface area (Å²) < 4.78 is 15.9. The molecule has 0 bridgehead atoms. The molecule has 0 atom stereocenters. The Labute approximate surface area is 181 Å². The van der Waals surface area contributed by atoms with Crippen LogP contribution in [0.15, 0.2) is 84.9 Å². The molecule has 0 N–H and O–H groups in total. The molecule has 1 aromatic heterocycles. The molecule has 30 heavy (non-hydrogen) atoms. The minimum atomic E-state index is 0.850. The molecular weight excluding hydrogens is 392 g/mol. The van der Waals surface area contributed by atoms with Gasteiger partial charge >= 0.3 is 0 Å². The molecule has 0 amide bonds. The van der Waals surface area contributed by atoms with Crippen molar-refractivity contribution in [2.24, 2.45) is 0 Å². The summed E-state index contributed by atoms with van der Waals surface area (Å²) in [6.45, 7) is 0. The standard InChI is InChI=1S/C26H23O3S/c1-27-22-10-4-18(5-11-22)21-16-25(19-6-12-23(28-2)13-7-19)30-26(17-21)20-8-14-24(29-3)15-9-20/h4-17H,1-3H3/q+1. The lowest BCUT2D eigenvalue weighted by molar-refractivity contribution is 0.415. The molecule has 0 aliphatic rings. The van der Waals surface area contributed by atoms with Crippen LogP contribution in [0, 0.1) is 0 Å². The van der Waals surface area contributed by atoms with Crippen LogP contribution >= 0.6 is 11.3 Å². The van der Waals surface area contributed by atoms with E-state index in [0.29, 0.717) is 0 Å². The van der Waals surface area contributed by atoms with E-state index in [0.717, 1.165) is 39.5 Å². The summed E-state index contributed by atoms with van der Waals surface area (Å²) in [5.41, 5.74) is 4.62. The Bertz CT molecular complexity index is 960. The summed E-state index contributed by atoms with van der Waals surface area (Å²) in [6.07, 6.45) is 0. The predicted octanol–water partition coefficient (Wildman–Crippen LogP) is 7.06. The highest BCUT2D eigenvalue weighted by molar-refractivity contribution is 7.18. The quantitative estimate of drug-likeness (QED) is 0.316. The largest absolute Gasteiger partial charge is 0.497 e. The van der Waals surface area contributed by atoms with Crippen molar-refractivity contribution < 1.29 is 14.2 Å². The van der Waals surface area contributed by atoms with Crippen molar-refractivity contribution in [2.75, 3.05) is 21.3 Å². The number of hydrogen-bond donors (Lipinski definition) is 0. The predicted molar refractivity (Wildman–Crippen MR) is 125 cm³/mol. The van der Waals surface area contributed by atoms with Crippen molar-refractivity contribution in [3.05, 3.63) is 84.9 Å². The van der Waals surface area contributed by atoms with E-state index in [4.69, 9.17) is 14.2 Å². The topological polar surface area (TPSA) is 27.7 Å². The molecule has 0 saturated heterocycles. The molecule has 0 aliphatic carbocycles. The van der Waals surface area contributed by atoms with Gasteiger partial charge in [-0.15, -0.1) is 0 Å². The fourth-order valence-electron chi connectivity index (χ4n) is 3.25. The summed E-state index contributed by atoms with van der Waals surface area (Å²) >= 11 is 1.77. The Hall–Kier alpha value is -3.37. The summed E-state index contributed by atoms with van der Waals surface area (Å²) in [6, 6.07) is 29.0. The van der Waals surface area contributed by atoms with Gasteiger partial charge in [0.15, 0.2) is 0 Å². The molecule has 150 valence electrons. The van der Waals surface area contributed by atoms with E-state index in [-0.39, 0.29) is 0 Å². The number of benzene rings is 3. The van der Waals surface area contributed by atoms with Crippen LogP contribution in [0.2, 0.25) is 0 Å². The van der Waals surface area contributed by atoms with E-state index in [1.165, 1.54) is 9.75 Å². The van der Waals surface area contributed by atoms with E-state index < -0.39 is 0 Å². The van der Waals surface area contributed by atoms with Gasteiger partial charge in [-0.1, -0.05) is 12.1 Å². The number of methoxy groups -OCH3 is 3. The van der Waals surface area contributed by atoms with Gasteiger partial charge in [-0.05, 0) is 71.8 Å². The van der Waals surface area contributed by atoms with Crippen LogP contribution in [0.4, 0.5) is 0 Å². The highest BCUT2D eigenvalue weighted by Gasteiger charge is 2.19. The first-order valence-corrected chi connectivity index (χ1v) is 10.4. The van der Waals surface area contributed by atoms with Crippen LogP contribution in [0.5, 0.6) is 17.2 Å². The van der Waals surface area contributed by atoms with E-state index in [2.05, 4.69) is 48.5 Å². The molecule has 0 aliphatic heterocycles. The van der Waals surface area contributed by atoms with Crippen molar-refractivity contribution in [1.29, 1.82) is 0 Å².